The van der Waals surface area contributed by atoms with E-state index in [1.165, 1.54) is 17.1 Å². The van der Waals surface area contributed by atoms with Gasteiger partial charge in [-0.05, 0) is 32.1 Å². The van der Waals surface area contributed by atoms with Crippen molar-refractivity contribution in [3.63, 3.8) is 0 Å². The molecule has 1 fully saturated rings. The van der Waals surface area contributed by atoms with Crippen LogP contribution in [0.25, 0.3) is 0 Å². The third kappa shape index (κ3) is 6.99. The second-order valence-electron chi connectivity index (χ2n) is 5.74. The molecular formula is C14H31IN4O2S. The maximum atomic E-state index is 11.6. The molecule has 1 heterocycles. The molecule has 1 saturated heterocycles. The third-order valence-corrected chi connectivity index (χ3v) is 5.80. The number of rotatable bonds is 6. The van der Waals surface area contributed by atoms with Crippen LogP contribution in [-0.2, 0) is 10.0 Å². The number of sulfonamides is 1. The molecule has 22 heavy (non-hydrogen) atoms. The van der Waals surface area contributed by atoms with Gasteiger partial charge in [-0.2, -0.15) is 0 Å². The van der Waals surface area contributed by atoms with Crippen molar-refractivity contribution in [3.05, 3.63) is 0 Å². The highest BCUT2D eigenvalue weighted by Gasteiger charge is 2.19. The van der Waals surface area contributed by atoms with Crippen LogP contribution in [0, 0.1) is 5.92 Å². The van der Waals surface area contributed by atoms with E-state index in [0.717, 1.165) is 32.0 Å². The highest BCUT2D eigenvalue weighted by atomic mass is 127. The van der Waals surface area contributed by atoms with Crippen LogP contribution in [0.3, 0.4) is 0 Å². The third-order valence-electron chi connectivity index (χ3n) is 3.94. The molecule has 0 aromatic rings. The Morgan fingerprint density at radius 2 is 2.14 bits per heavy atom. The maximum absolute atomic E-state index is 11.6. The lowest BCUT2D eigenvalue weighted by Gasteiger charge is -2.33. The fourth-order valence-electron chi connectivity index (χ4n) is 2.58. The monoisotopic (exact) mass is 446 g/mol. The fraction of sp³-hybridized carbons (Fsp3) is 0.929. The number of hydrogen-bond donors (Lipinski definition) is 1. The number of guanidine groups is 1. The van der Waals surface area contributed by atoms with E-state index in [4.69, 9.17) is 0 Å². The lowest BCUT2D eigenvalue weighted by Crippen LogP contribution is -2.46. The van der Waals surface area contributed by atoms with Crippen molar-refractivity contribution in [3.8, 4) is 0 Å². The molecule has 0 aromatic heterocycles. The van der Waals surface area contributed by atoms with E-state index in [0.29, 0.717) is 12.5 Å². The van der Waals surface area contributed by atoms with Gasteiger partial charge in [0.25, 0.3) is 0 Å². The topological polar surface area (TPSA) is 65.0 Å². The molecule has 0 radical (unpaired) electrons. The normalized spacial score (nSPS) is 20.0. The first-order chi connectivity index (χ1) is 9.90. The van der Waals surface area contributed by atoms with Gasteiger partial charge in [0, 0.05) is 40.3 Å². The summed E-state index contributed by atoms with van der Waals surface area (Å²) in [6.07, 6.45) is 3.27. The summed E-state index contributed by atoms with van der Waals surface area (Å²) < 4.78 is 24.7. The van der Waals surface area contributed by atoms with Crippen LogP contribution in [0.4, 0.5) is 0 Å². The van der Waals surface area contributed by atoms with Crippen LogP contribution >= 0.6 is 24.0 Å². The number of likely N-dealkylation sites (tertiary alicyclic amines) is 1. The van der Waals surface area contributed by atoms with Gasteiger partial charge in [-0.3, -0.25) is 4.99 Å². The van der Waals surface area contributed by atoms with Crippen molar-refractivity contribution in [1.29, 1.82) is 0 Å². The first kappa shape index (κ1) is 21.9. The summed E-state index contributed by atoms with van der Waals surface area (Å²) in [4.78, 5) is 6.62. The molecule has 1 N–H and O–H groups in total. The van der Waals surface area contributed by atoms with E-state index in [2.05, 4.69) is 22.1 Å². The second kappa shape index (κ2) is 10.6. The predicted octanol–water partition coefficient (Wildman–Crippen LogP) is 1.58. The molecule has 1 rings (SSSR count). The van der Waals surface area contributed by atoms with Crippen molar-refractivity contribution in [2.45, 2.75) is 33.1 Å². The van der Waals surface area contributed by atoms with Crippen LogP contribution in [0.15, 0.2) is 4.99 Å². The fourth-order valence-corrected chi connectivity index (χ4v) is 3.42. The summed E-state index contributed by atoms with van der Waals surface area (Å²) in [6, 6.07) is 0. The Bertz CT molecular complexity index is 442. The number of piperidine rings is 1. The Labute approximate surface area is 152 Å². The highest BCUT2D eigenvalue weighted by molar-refractivity contribution is 14.0. The molecule has 0 saturated carbocycles. The molecule has 1 atom stereocenters. The highest BCUT2D eigenvalue weighted by Crippen LogP contribution is 2.15. The number of nitrogens with zero attached hydrogens (tertiary/aromatic N) is 3. The van der Waals surface area contributed by atoms with Crippen molar-refractivity contribution in [1.82, 2.24) is 14.5 Å². The van der Waals surface area contributed by atoms with Gasteiger partial charge in [-0.15, -0.1) is 24.0 Å². The maximum Gasteiger partial charge on any atom is 0.213 e. The first-order valence-corrected chi connectivity index (χ1v) is 9.41. The van der Waals surface area contributed by atoms with Crippen LogP contribution < -0.4 is 5.32 Å². The smallest absolute Gasteiger partial charge is 0.213 e. The molecule has 0 amide bonds. The zero-order valence-electron chi connectivity index (χ0n) is 14.2. The van der Waals surface area contributed by atoms with Crippen LogP contribution in [0.5, 0.6) is 0 Å². The Balaban J connectivity index is 0.00000441. The standard InChI is InChI=1S/C14H30N4O2S.HI/c1-5-21(19,20)17(4)10-7-9-16-14(15-3)18-11-6-8-13(2)12-18;/h13H,5-12H2,1-4H3,(H,15,16);1H. The Kier molecular flexibility index (Phi) is 10.6. The molecular weight excluding hydrogens is 415 g/mol. The predicted molar refractivity (Wildman–Crippen MR) is 103 cm³/mol. The van der Waals surface area contributed by atoms with E-state index in [9.17, 15) is 8.42 Å². The largest absolute Gasteiger partial charge is 0.356 e. The summed E-state index contributed by atoms with van der Waals surface area (Å²) >= 11 is 0. The zero-order chi connectivity index (χ0) is 15.9. The van der Waals surface area contributed by atoms with Gasteiger partial charge in [-0.25, -0.2) is 12.7 Å². The van der Waals surface area contributed by atoms with Gasteiger partial charge in [0.2, 0.25) is 10.0 Å². The summed E-state index contributed by atoms with van der Waals surface area (Å²) in [5, 5.41) is 3.34. The quantitative estimate of drug-likeness (QED) is 0.291. The zero-order valence-corrected chi connectivity index (χ0v) is 17.4. The minimum absolute atomic E-state index is 0. The van der Waals surface area contributed by atoms with Gasteiger partial charge in [0.1, 0.15) is 0 Å². The van der Waals surface area contributed by atoms with Crippen LogP contribution in [0.2, 0.25) is 0 Å². The van der Waals surface area contributed by atoms with E-state index in [-0.39, 0.29) is 29.7 Å². The minimum atomic E-state index is -3.07. The van der Waals surface area contributed by atoms with Crippen molar-refractivity contribution >= 4 is 40.0 Å². The summed E-state index contributed by atoms with van der Waals surface area (Å²) in [7, 11) is 0.372. The molecule has 1 aliphatic heterocycles. The Hall–Kier alpha value is -0.0900. The number of hydrogen-bond acceptors (Lipinski definition) is 3. The molecule has 6 nitrogen and oxygen atoms in total. The van der Waals surface area contributed by atoms with Gasteiger partial charge in [0.15, 0.2) is 5.96 Å². The molecule has 8 heteroatoms. The molecule has 1 aliphatic rings. The average Bonchev–Trinajstić information content (AvgIpc) is 2.47. The van der Waals surface area contributed by atoms with Gasteiger partial charge >= 0.3 is 0 Å². The lowest BCUT2D eigenvalue weighted by molar-refractivity contribution is 0.266. The van der Waals surface area contributed by atoms with Crippen molar-refractivity contribution in [2.24, 2.45) is 10.9 Å². The minimum Gasteiger partial charge on any atom is -0.356 e. The molecule has 1 unspecified atom stereocenters. The van der Waals surface area contributed by atoms with Crippen molar-refractivity contribution < 1.29 is 8.42 Å². The Morgan fingerprint density at radius 3 is 2.68 bits per heavy atom. The summed E-state index contributed by atoms with van der Waals surface area (Å²) in [5.41, 5.74) is 0. The molecule has 0 aromatic carbocycles. The van der Waals surface area contributed by atoms with Gasteiger partial charge in [0.05, 0.1) is 5.75 Å². The van der Waals surface area contributed by atoms with E-state index in [1.807, 2.05) is 0 Å². The van der Waals surface area contributed by atoms with Crippen LogP contribution in [0.1, 0.15) is 33.1 Å². The van der Waals surface area contributed by atoms with Gasteiger partial charge < -0.3 is 10.2 Å². The summed E-state index contributed by atoms with van der Waals surface area (Å²) in [5.74, 6) is 1.80. The van der Waals surface area contributed by atoms with E-state index in [1.54, 1.807) is 21.0 Å². The number of nitrogens with one attached hydrogen (secondary N) is 1. The number of aliphatic imine (C=N–C) groups is 1. The van der Waals surface area contributed by atoms with E-state index >= 15 is 0 Å². The second-order valence-corrected chi connectivity index (χ2v) is 8.11. The number of halogens is 1. The lowest BCUT2D eigenvalue weighted by atomic mass is 10.0. The molecule has 0 spiro atoms. The van der Waals surface area contributed by atoms with Crippen LogP contribution in [-0.4, -0.2) is 69.6 Å². The first-order valence-electron chi connectivity index (χ1n) is 7.80. The summed E-state index contributed by atoms with van der Waals surface area (Å²) in [6.45, 7) is 7.31. The average molecular weight is 446 g/mol. The SMILES string of the molecule is CCS(=O)(=O)N(C)CCCNC(=NC)N1CCCC(C)C1.I. The molecule has 0 aliphatic carbocycles. The van der Waals surface area contributed by atoms with Gasteiger partial charge in [-0.1, -0.05) is 6.92 Å². The molecule has 0 bridgehead atoms. The Morgan fingerprint density at radius 1 is 1.45 bits per heavy atom. The van der Waals surface area contributed by atoms with Crippen molar-refractivity contribution in [2.75, 3.05) is 46.0 Å². The molecule has 132 valence electrons. The van der Waals surface area contributed by atoms with E-state index < -0.39 is 10.0 Å².